The molecule has 1 aliphatic heterocycles. The summed E-state index contributed by atoms with van der Waals surface area (Å²) in [6.07, 6.45) is 1.24. The molecule has 2 unspecified atom stereocenters. The molecule has 2 atom stereocenters. The molecule has 0 aromatic heterocycles. The minimum atomic E-state index is -0.850. The Bertz CT molecular complexity index is 430. The van der Waals surface area contributed by atoms with E-state index in [1.165, 1.54) is 6.42 Å². The van der Waals surface area contributed by atoms with Gasteiger partial charge in [0.2, 0.25) is 0 Å². The normalized spacial score (nSPS) is 25.0. The van der Waals surface area contributed by atoms with Crippen LogP contribution in [0.1, 0.15) is 36.2 Å². The Labute approximate surface area is 108 Å². The number of rotatable bonds is 3. The Morgan fingerprint density at radius 3 is 2.83 bits per heavy atom. The van der Waals surface area contributed by atoms with Gasteiger partial charge in [-0.2, -0.15) is 0 Å². The van der Waals surface area contributed by atoms with Crippen LogP contribution < -0.4 is 0 Å². The molecule has 0 amide bonds. The van der Waals surface area contributed by atoms with Gasteiger partial charge in [0.05, 0.1) is 5.56 Å². The molecule has 0 spiro atoms. The predicted octanol–water partition coefficient (Wildman–Crippen LogP) is 2.86. The van der Waals surface area contributed by atoms with Crippen LogP contribution in [0.15, 0.2) is 24.3 Å². The maximum Gasteiger partial charge on any atom is 0.335 e. The number of nitrogens with zero attached hydrogens (tertiary/aromatic N) is 1. The summed E-state index contributed by atoms with van der Waals surface area (Å²) in [5.74, 6) is 0.672. The lowest BCUT2D eigenvalue weighted by atomic mass is 9.88. The number of carboxylic acids is 1. The van der Waals surface area contributed by atoms with Gasteiger partial charge in [-0.25, -0.2) is 4.79 Å². The molecular formula is C15H21NO2. The average molecular weight is 247 g/mol. The van der Waals surface area contributed by atoms with Crippen LogP contribution in [-0.2, 0) is 6.54 Å². The van der Waals surface area contributed by atoms with Crippen molar-refractivity contribution in [1.82, 2.24) is 4.90 Å². The fourth-order valence-electron chi connectivity index (χ4n) is 2.55. The van der Waals surface area contributed by atoms with Crippen molar-refractivity contribution in [1.29, 1.82) is 0 Å². The monoisotopic (exact) mass is 247 g/mol. The average Bonchev–Trinajstić information content (AvgIpc) is 2.34. The third-order valence-electron chi connectivity index (χ3n) is 4.00. The van der Waals surface area contributed by atoms with E-state index in [-0.39, 0.29) is 0 Å². The van der Waals surface area contributed by atoms with E-state index in [1.54, 1.807) is 12.1 Å². The van der Waals surface area contributed by atoms with Crippen molar-refractivity contribution in [3.63, 3.8) is 0 Å². The number of carboxylic acid groups (broad SMARTS) is 1. The molecule has 0 radical (unpaired) electrons. The quantitative estimate of drug-likeness (QED) is 0.893. The lowest BCUT2D eigenvalue weighted by molar-refractivity contribution is 0.0696. The molecule has 1 N–H and O–H groups in total. The number of hydrogen-bond donors (Lipinski definition) is 1. The molecule has 1 fully saturated rings. The van der Waals surface area contributed by atoms with Crippen LogP contribution in [0.4, 0.5) is 0 Å². The molecule has 1 saturated heterocycles. The van der Waals surface area contributed by atoms with Crippen molar-refractivity contribution in [2.45, 2.75) is 26.8 Å². The smallest absolute Gasteiger partial charge is 0.335 e. The summed E-state index contributed by atoms with van der Waals surface area (Å²) in [5, 5.41) is 8.98. The van der Waals surface area contributed by atoms with E-state index in [0.717, 1.165) is 37.0 Å². The maximum absolute atomic E-state index is 10.9. The van der Waals surface area contributed by atoms with Crippen molar-refractivity contribution in [3.8, 4) is 0 Å². The summed E-state index contributed by atoms with van der Waals surface area (Å²) in [6.45, 7) is 7.69. The maximum atomic E-state index is 10.9. The molecule has 98 valence electrons. The van der Waals surface area contributed by atoms with Crippen LogP contribution in [0.2, 0.25) is 0 Å². The van der Waals surface area contributed by atoms with E-state index in [2.05, 4.69) is 18.7 Å². The SMILES string of the molecule is CC1CCN(Cc2cccc(C(=O)O)c2)CC1C. The number of likely N-dealkylation sites (tertiary alicyclic amines) is 1. The molecule has 3 nitrogen and oxygen atoms in total. The van der Waals surface area contributed by atoms with Gasteiger partial charge < -0.3 is 5.11 Å². The van der Waals surface area contributed by atoms with Gasteiger partial charge in [0, 0.05) is 13.1 Å². The van der Waals surface area contributed by atoms with Gasteiger partial charge in [-0.15, -0.1) is 0 Å². The van der Waals surface area contributed by atoms with Crippen molar-refractivity contribution in [2.75, 3.05) is 13.1 Å². The highest BCUT2D eigenvalue weighted by molar-refractivity contribution is 5.87. The summed E-state index contributed by atoms with van der Waals surface area (Å²) in [6, 6.07) is 7.27. The summed E-state index contributed by atoms with van der Waals surface area (Å²) in [4.78, 5) is 13.3. The highest BCUT2D eigenvalue weighted by Gasteiger charge is 2.22. The van der Waals surface area contributed by atoms with E-state index >= 15 is 0 Å². The van der Waals surface area contributed by atoms with E-state index < -0.39 is 5.97 Å². The first-order valence-corrected chi connectivity index (χ1v) is 6.61. The molecule has 1 aromatic carbocycles. The Morgan fingerprint density at radius 1 is 1.39 bits per heavy atom. The first kappa shape index (κ1) is 13.1. The Morgan fingerprint density at radius 2 is 2.17 bits per heavy atom. The second-order valence-corrected chi connectivity index (χ2v) is 5.48. The van der Waals surface area contributed by atoms with Crippen molar-refractivity contribution < 1.29 is 9.90 Å². The zero-order valence-corrected chi connectivity index (χ0v) is 11.1. The molecule has 0 bridgehead atoms. The van der Waals surface area contributed by atoms with Crippen LogP contribution in [0, 0.1) is 11.8 Å². The van der Waals surface area contributed by atoms with Gasteiger partial charge in [0.15, 0.2) is 0 Å². The molecule has 0 aliphatic carbocycles. The molecule has 3 heteroatoms. The summed E-state index contributed by atoms with van der Waals surface area (Å²) in [7, 11) is 0. The highest BCUT2D eigenvalue weighted by atomic mass is 16.4. The second kappa shape index (κ2) is 5.53. The number of hydrogen-bond acceptors (Lipinski definition) is 2. The number of aromatic carboxylic acids is 1. The molecule has 1 aromatic rings. The van der Waals surface area contributed by atoms with Gasteiger partial charge in [0.1, 0.15) is 0 Å². The van der Waals surface area contributed by atoms with E-state index in [0.29, 0.717) is 5.56 Å². The Hall–Kier alpha value is -1.35. The topological polar surface area (TPSA) is 40.5 Å². The molecule has 0 saturated carbocycles. The van der Waals surface area contributed by atoms with Crippen molar-refractivity contribution in [2.24, 2.45) is 11.8 Å². The minimum absolute atomic E-state index is 0.380. The largest absolute Gasteiger partial charge is 0.478 e. The number of piperidine rings is 1. The first-order chi connectivity index (χ1) is 8.56. The zero-order chi connectivity index (χ0) is 13.1. The molecule has 18 heavy (non-hydrogen) atoms. The van der Waals surface area contributed by atoms with Crippen molar-refractivity contribution in [3.05, 3.63) is 35.4 Å². The molecule has 2 rings (SSSR count). The van der Waals surface area contributed by atoms with Crippen molar-refractivity contribution >= 4 is 5.97 Å². The van der Waals surface area contributed by atoms with E-state index in [4.69, 9.17) is 5.11 Å². The third kappa shape index (κ3) is 3.10. The van der Waals surface area contributed by atoms with Gasteiger partial charge >= 0.3 is 5.97 Å². The van der Waals surface area contributed by atoms with Crippen LogP contribution in [-0.4, -0.2) is 29.1 Å². The fourth-order valence-corrected chi connectivity index (χ4v) is 2.55. The first-order valence-electron chi connectivity index (χ1n) is 6.61. The molecular weight excluding hydrogens is 226 g/mol. The van der Waals surface area contributed by atoms with Crippen LogP contribution in [0.3, 0.4) is 0 Å². The zero-order valence-electron chi connectivity index (χ0n) is 11.1. The highest BCUT2D eigenvalue weighted by Crippen LogP contribution is 2.23. The third-order valence-corrected chi connectivity index (χ3v) is 4.00. The van der Waals surface area contributed by atoms with Crippen LogP contribution >= 0.6 is 0 Å². The van der Waals surface area contributed by atoms with E-state index in [1.807, 2.05) is 12.1 Å². The Kier molecular flexibility index (Phi) is 4.02. The molecule has 1 aliphatic rings. The number of benzene rings is 1. The summed E-state index contributed by atoms with van der Waals surface area (Å²) in [5.41, 5.74) is 1.47. The number of carbonyl (C=O) groups is 1. The minimum Gasteiger partial charge on any atom is -0.478 e. The summed E-state index contributed by atoms with van der Waals surface area (Å²) < 4.78 is 0. The van der Waals surface area contributed by atoms with Gasteiger partial charge in [-0.3, -0.25) is 4.90 Å². The van der Waals surface area contributed by atoms with Gasteiger partial charge in [-0.1, -0.05) is 26.0 Å². The fraction of sp³-hybridized carbons (Fsp3) is 0.533. The van der Waals surface area contributed by atoms with Gasteiger partial charge in [0.25, 0.3) is 0 Å². The lowest BCUT2D eigenvalue weighted by Gasteiger charge is -2.35. The molecule has 1 heterocycles. The van der Waals surface area contributed by atoms with Gasteiger partial charge in [-0.05, 0) is 42.5 Å². The predicted molar refractivity (Wildman–Crippen MR) is 71.6 cm³/mol. The Balaban J connectivity index is 2.01. The van der Waals surface area contributed by atoms with Crippen LogP contribution in [0.25, 0.3) is 0 Å². The van der Waals surface area contributed by atoms with Crippen LogP contribution in [0.5, 0.6) is 0 Å². The second-order valence-electron chi connectivity index (χ2n) is 5.48. The summed E-state index contributed by atoms with van der Waals surface area (Å²) >= 11 is 0. The van der Waals surface area contributed by atoms with E-state index in [9.17, 15) is 4.79 Å². The standard InChI is InChI=1S/C15H21NO2/c1-11-6-7-16(9-12(11)2)10-13-4-3-5-14(8-13)15(17)18/h3-5,8,11-12H,6-7,9-10H2,1-2H3,(H,17,18). The lowest BCUT2D eigenvalue weighted by Crippen LogP contribution is -2.37.